The number of aromatic nitrogens is 1. The minimum atomic E-state index is -0.274. The SMILES string of the molecule is Cc1nc(Cc2ccc(F)cc2)sc1C(=O)Nc1cc2c(cc1Br)OCCO2. The van der Waals surface area contributed by atoms with Crippen LogP contribution in [0.4, 0.5) is 10.1 Å². The number of hydrogen-bond acceptors (Lipinski definition) is 5. The van der Waals surface area contributed by atoms with Gasteiger partial charge in [-0.15, -0.1) is 11.3 Å². The van der Waals surface area contributed by atoms with Crippen LogP contribution in [0.5, 0.6) is 11.5 Å². The van der Waals surface area contributed by atoms with Crippen LogP contribution in [0, 0.1) is 12.7 Å². The van der Waals surface area contributed by atoms with Crippen LogP contribution in [0.2, 0.25) is 0 Å². The number of halogens is 2. The maximum Gasteiger partial charge on any atom is 0.267 e. The first-order chi connectivity index (χ1) is 13.5. The molecule has 2 aromatic carbocycles. The molecule has 1 aromatic heterocycles. The summed E-state index contributed by atoms with van der Waals surface area (Å²) in [6, 6.07) is 9.80. The van der Waals surface area contributed by atoms with Gasteiger partial charge < -0.3 is 14.8 Å². The van der Waals surface area contributed by atoms with Crippen LogP contribution in [0.15, 0.2) is 40.9 Å². The summed E-state index contributed by atoms with van der Waals surface area (Å²) in [5.41, 5.74) is 2.20. The van der Waals surface area contributed by atoms with Crippen LogP contribution in [-0.2, 0) is 6.42 Å². The van der Waals surface area contributed by atoms with Gasteiger partial charge in [-0.05, 0) is 40.5 Å². The average molecular weight is 463 g/mol. The lowest BCUT2D eigenvalue weighted by atomic mass is 10.1. The zero-order chi connectivity index (χ0) is 19.7. The maximum absolute atomic E-state index is 13.1. The molecule has 0 aliphatic carbocycles. The molecule has 28 heavy (non-hydrogen) atoms. The second-order valence-electron chi connectivity index (χ2n) is 6.26. The van der Waals surface area contributed by atoms with Crippen LogP contribution < -0.4 is 14.8 Å². The van der Waals surface area contributed by atoms with Gasteiger partial charge in [0.1, 0.15) is 23.9 Å². The van der Waals surface area contributed by atoms with Crippen molar-refractivity contribution in [3.8, 4) is 11.5 Å². The number of carbonyl (C=O) groups is 1. The van der Waals surface area contributed by atoms with Crippen molar-refractivity contribution in [1.82, 2.24) is 4.98 Å². The van der Waals surface area contributed by atoms with E-state index in [4.69, 9.17) is 9.47 Å². The number of nitrogens with one attached hydrogen (secondary N) is 1. The minimum absolute atomic E-state index is 0.238. The Morgan fingerprint density at radius 2 is 1.89 bits per heavy atom. The molecule has 1 amide bonds. The first-order valence-corrected chi connectivity index (χ1v) is 10.2. The predicted octanol–water partition coefficient (Wildman–Crippen LogP) is 4.97. The molecule has 3 aromatic rings. The number of rotatable bonds is 4. The molecule has 0 unspecified atom stereocenters. The predicted molar refractivity (Wildman–Crippen MR) is 109 cm³/mol. The summed E-state index contributed by atoms with van der Waals surface area (Å²) >= 11 is 4.79. The van der Waals surface area contributed by atoms with E-state index in [9.17, 15) is 9.18 Å². The highest BCUT2D eigenvalue weighted by Crippen LogP contribution is 2.38. The average Bonchev–Trinajstić information content (AvgIpc) is 3.04. The van der Waals surface area contributed by atoms with E-state index >= 15 is 0 Å². The van der Waals surface area contributed by atoms with Crippen LogP contribution in [-0.4, -0.2) is 24.1 Å². The number of hydrogen-bond donors (Lipinski definition) is 1. The van der Waals surface area contributed by atoms with Crippen LogP contribution >= 0.6 is 27.3 Å². The standard InChI is InChI=1S/C20H16BrFN2O3S/c1-11-19(28-18(23-11)8-12-2-4-13(22)5-3-12)20(25)24-15-10-17-16(9-14(15)21)26-6-7-27-17/h2-5,9-10H,6-8H2,1H3,(H,24,25). The molecule has 5 nitrogen and oxygen atoms in total. The largest absolute Gasteiger partial charge is 0.486 e. The number of thiazole rings is 1. The molecule has 0 saturated carbocycles. The lowest BCUT2D eigenvalue weighted by molar-refractivity contribution is 0.102. The number of anilines is 1. The highest BCUT2D eigenvalue weighted by atomic mass is 79.9. The van der Waals surface area contributed by atoms with Crippen molar-refractivity contribution in [2.24, 2.45) is 0 Å². The van der Waals surface area contributed by atoms with Crippen molar-refractivity contribution >= 4 is 38.9 Å². The monoisotopic (exact) mass is 462 g/mol. The van der Waals surface area contributed by atoms with Gasteiger partial charge in [-0.1, -0.05) is 12.1 Å². The number of benzene rings is 2. The van der Waals surface area contributed by atoms with E-state index in [-0.39, 0.29) is 11.7 Å². The Kier molecular flexibility index (Phi) is 5.32. The van der Waals surface area contributed by atoms with Gasteiger partial charge in [-0.3, -0.25) is 4.79 Å². The molecule has 8 heteroatoms. The van der Waals surface area contributed by atoms with E-state index in [1.165, 1.54) is 23.5 Å². The Morgan fingerprint density at radius 3 is 2.61 bits per heavy atom. The first kappa shape index (κ1) is 18.9. The molecule has 1 aliphatic heterocycles. The van der Waals surface area contributed by atoms with E-state index in [2.05, 4.69) is 26.2 Å². The van der Waals surface area contributed by atoms with Crippen molar-refractivity contribution in [3.05, 3.63) is 67.8 Å². The van der Waals surface area contributed by atoms with Gasteiger partial charge in [0.15, 0.2) is 11.5 Å². The molecule has 144 valence electrons. The van der Waals surface area contributed by atoms with Crippen LogP contribution in [0.25, 0.3) is 0 Å². The number of nitrogens with zero attached hydrogens (tertiary/aromatic N) is 1. The summed E-state index contributed by atoms with van der Waals surface area (Å²) < 4.78 is 24.9. The second kappa shape index (κ2) is 7.89. The van der Waals surface area contributed by atoms with Gasteiger partial charge in [-0.25, -0.2) is 9.37 Å². The molecule has 0 saturated heterocycles. The number of carbonyl (C=O) groups excluding carboxylic acids is 1. The van der Waals surface area contributed by atoms with Gasteiger partial charge >= 0.3 is 0 Å². The number of amides is 1. The van der Waals surface area contributed by atoms with E-state index in [1.54, 1.807) is 31.2 Å². The lowest BCUT2D eigenvalue weighted by Gasteiger charge is -2.20. The topological polar surface area (TPSA) is 60.5 Å². The Hall–Kier alpha value is -2.45. The third-order valence-electron chi connectivity index (χ3n) is 4.20. The summed E-state index contributed by atoms with van der Waals surface area (Å²) in [6.45, 7) is 2.78. The van der Waals surface area contributed by atoms with Gasteiger partial charge in [0.25, 0.3) is 5.91 Å². The Morgan fingerprint density at radius 1 is 1.21 bits per heavy atom. The highest BCUT2D eigenvalue weighted by Gasteiger charge is 2.19. The van der Waals surface area contributed by atoms with Gasteiger partial charge in [0.05, 0.1) is 16.4 Å². The normalized spacial score (nSPS) is 12.7. The van der Waals surface area contributed by atoms with E-state index in [0.29, 0.717) is 51.9 Å². The fraction of sp³-hybridized carbons (Fsp3) is 0.200. The Labute approximate surface area is 173 Å². The van der Waals surface area contributed by atoms with Crippen LogP contribution in [0.3, 0.4) is 0 Å². The van der Waals surface area contributed by atoms with E-state index in [1.807, 2.05) is 0 Å². The second-order valence-corrected chi connectivity index (χ2v) is 8.19. The number of ether oxygens (including phenoxy) is 2. The van der Waals surface area contributed by atoms with Crippen molar-refractivity contribution < 1.29 is 18.7 Å². The summed E-state index contributed by atoms with van der Waals surface area (Å²) in [5, 5.41) is 3.70. The zero-order valence-corrected chi connectivity index (χ0v) is 17.3. The van der Waals surface area contributed by atoms with E-state index in [0.717, 1.165) is 10.6 Å². The third kappa shape index (κ3) is 4.02. The molecular weight excluding hydrogens is 447 g/mol. The molecule has 2 heterocycles. The summed E-state index contributed by atoms with van der Waals surface area (Å²) in [5.74, 6) is 0.733. The van der Waals surface area contributed by atoms with Crippen molar-refractivity contribution in [2.45, 2.75) is 13.3 Å². The molecule has 1 N–H and O–H groups in total. The van der Waals surface area contributed by atoms with Gasteiger partial charge in [0.2, 0.25) is 0 Å². The van der Waals surface area contributed by atoms with E-state index < -0.39 is 0 Å². The molecule has 4 rings (SSSR count). The Balaban J connectivity index is 1.52. The Bertz CT molecular complexity index is 1040. The summed E-state index contributed by atoms with van der Waals surface area (Å²) in [6.07, 6.45) is 0.548. The molecule has 0 atom stereocenters. The number of aryl methyl sites for hydroxylation is 1. The van der Waals surface area contributed by atoms with Crippen molar-refractivity contribution in [1.29, 1.82) is 0 Å². The third-order valence-corrected chi connectivity index (χ3v) is 6.01. The first-order valence-electron chi connectivity index (χ1n) is 8.61. The fourth-order valence-corrected chi connectivity index (χ4v) is 4.27. The molecule has 0 fully saturated rings. The summed E-state index contributed by atoms with van der Waals surface area (Å²) in [4.78, 5) is 17.8. The maximum atomic E-state index is 13.1. The smallest absolute Gasteiger partial charge is 0.267 e. The summed E-state index contributed by atoms with van der Waals surface area (Å²) in [7, 11) is 0. The van der Waals surface area contributed by atoms with Gasteiger partial charge in [-0.2, -0.15) is 0 Å². The molecule has 0 spiro atoms. The van der Waals surface area contributed by atoms with Crippen molar-refractivity contribution in [3.63, 3.8) is 0 Å². The fourth-order valence-electron chi connectivity index (χ4n) is 2.85. The minimum Gasteiger partial charge on any atom is -0.486 e. The highest BCUT2D eigenvalue weighted by molar-refractivity contribution is 9.10. The van der Waals surface area contributed by atoms with Crippen LogP contribution in [0.1, 0.15) is 25.9 Å². The molecular formula is C20H16BrFN2O3S. The lowest BCUT2D eigenvalue weighted by Crippen LogP contribution is -2.17. The quantitative estimate of drug-likeness (QED) is 0.594. The number of fused-ring (bicyclic) bond motifs is 1. The molecule has 1 aliphatic rings. The van der Waals surface area contributed by atoms with Gasteiger partial charge in [0, 0.05) is 23.0 Å². The molecule has 0 radical (unpaired) electrons. The van der Waals surface area contributed by atoms with Crippen molar-refractivity contribution in [2.75, 3.05) is 18.5 Å². The molecule has 0 bridgehead atoms. The zero-order valence-electron chi connectivity index (χ0n) is 14.9.